The van der Waals surface area contributed by atoms with Crippen LogP contribution in [0, 0.1) is 23.2 Å². The topological polar surface area (TPSA) is 57.5 Å². The van der Waals surface area contributed by atoms with E-state index < -0.39 is 17.5 Å². The molecule has 2 unspecified atom stereocenters. The largest absolute Gasteiger partial charge is 0.481 e. The van der Waals surface area contributed by atoms with Crippen molar-refractivity contribution in [1.82, 2.24) is 0 Å². The minimum Gasteiger partial charge on any atom is -0.481 e. The standard InChI is InChI=1S/C17H30O3/c1-12(2)13-8-10-17(11-9-13,16(19)20)14-6-4-3-5-7-15(14)18/h12-15,18H,3-11H2,1-2H3,(H,19,20). The number of carbonyl (C=O) groups is 1. The summed E-state index contributed by atoms with van der Waals surface area (Å²) in [6, 6.07) is 0. The van der Waals surface area contributed by atoms with E-state index in [1.807, 2.05) is 0 Å². The number of rotatable bonds is 3. The first-order valence-corrected chi connectivity index (χ1v) is 8.39. The van der Waals surface area contributed by atoms with Crippen LogP contribution in [0.4, 0.5) is 0 Å². The molecular formula is C17H30O3. The Morgan fingerprint density at radius 3 is 2.20 bits per heavy atom. The summed E-state index contributed by atoms with van der Waals surface area (Å²) in [5, 5.41) is 20.3. The normalized spacial score (nSPS) is 39.5. The maximum absolute atomic E-state index is 12.0. The van der Waals surface area contributed by atoms with Crippen molar-refractivity contribution >= 4 is 5.97 Å². The van der Waals surface area contributed by atoms with Gasteiger partial charge in [0.15, 0.2) is 0 Å². The van der Waals surface area contributed by atoms with E-state index in [2.05, 4.69) is 13.8 Å². The minimum atomic E-state index is -0.661. The average Bonchev–Trinajstić information content (AvgIpc) is 2.63. The van der Waals surface area contributed by atoms with E-state index in [1.54, 1.807) is 0 Å². The molecule has 2 aliphatic carbocycles. The first kappa shape index (κ1) is 15.8. The van der Waals surface area contributed by atoms with Gasteiger partial charge in [0.2, 0.25) is 0 Å². The molecule has 0 saturated heterocycles. The van der Waals surface area contributed by atoms with Gasteiger partial charge in [0.1, 0.15) is 0 Å². The molecule has 3 heteroatoms. The first-order valence-electron chi connectivity index (χ1n) is 8.39. The summed E-state index contributed by atoms with van der Waals surface area (Å²) in [4.78, 5) is 12.0. The van der Waals surface area contributed by atoms with Gasteiger partial charge >= 0.3 is 5.97 Å². The van der Waals surface area contributed by atoms with Crippen molar-refractivity contribution in [2.45, 2.75) is 77.7 Å². The van der Waals surface area contributed by atoms with Gasteiger partial charge in [-0.1, -0.05) is 33.1 Å². The van der Waals surface area contributed by atoms with Gasteiger partial charge in [-0.25, -0.2) is 0 Å². The lowest BCUT2D eigenvalue weighted by Crippen LogP contribution is -2.46. The van der Waals surface area contributed by atoms with Crippen LogP contribution in [0.2, 0.25) is 0 Å². The summed E-state index contributed by atoms with van der Waals surface area (Å²) in [5.41, 5.74) is -0.658. The van der Waals surface area contributed by atoms with Crippen LogP contribution in [0.25, 0.3) is 0 Å². The lowest BCUT2D eigenvalue weighted by molar-refractivity contribution is -0.161. The molecule has 116 valence electrons. The predicted octanol–water partition coefficient (Wildman–Crippen LogP) is 3.84. The van der Waals surface area contributed by atoms with E-state index in [-0.39, 0.29) is 5.92 Å². The van der Waals surface area contributed by atoms with E-state index in [4.69, 9.17) is 0 Å². The highest BCUT2D eigenvalue weighted by Gasteiger charge is 2.50. The fourth-order valence-electron chi connectivity index (χ4n) is 4.50. The average molecular weight is 282 g/mol. The molecule has 2 atom stereocenters. The van der Waals surface area contributed by atoms with Crippen molar-refractivity contribution in [3.05, 3.63) is 0 Å². The van der Waals surface area contributed by atoms with E-state index in [0.717, 1.165) is 57.8 Å². The fraction of sp³-hybridized carbons (Fsp3) is 0.941. The number of aliphatic hydroxyl groups is 1. The van der Waals surface area contributed by atoms with Gasteiger partial charge in [-0.15, -0.1) is 0 Å². The summed E-state index contributed by atoms with van der Waals surface area (Å²) in [5.74, 6) is 0.604. The number of carboxylic acid groups (broad SMARTS) is 1. The third-order valence-electron chi connectivity index (χ3n) is 5.98. The Bertz CT molecular complexity index is 329. The van der Waals surface area contributed by atoms with Gasteiger partial charge in [0, 0.05) is 5.92 Å². The van der Waals surface area contributed by atoms with Gasteiger partial charge in [0.25, 0.3) is 0 Å². The van der Waals surface area contributed by atoms with E-state index >= 15 is 0 Å². The Labute approximate surface area is 122 Å². The predicted molar refractivity (Wildman–Crippen MR) is 79.4 cm³/mol. The molecule has 0 spiro atoms. The third-order valence-corrected chi connectivity index (χ3v) is 5.98. The Morgan fingerprint density at radius 1 is 1.05 bits per heavy atom. The van der Waals surface area contributed by atoms with E-state index in [1.165, 1.54) is 0 Å². The van der Waals surface area contributed by atoms with Gasteiger partial charge in [-0.2, -0.15) is 0 Å². The molecule has 2 aliphatic rings. The first-order chi connectivity index (χ1) is 9.47. The second kappa shape index (κ2) is 6.46. The number of aliphatic carboxylic acids is 1. The molecule has 2 saturated carbocycles. The van der Waals surface area contributed by atoms with Gasteiger partial charge < -0.3 is 10.2 Å². The molecule has 0 aliphatic heterocycles. The monoisotopic (exact) mass is 282 g/mol. The fourth-order valence-corrected chi connectivity index (χ4v) is 4.50. The van der Waals surface area contributed by atoms with Crippen LogP contribution in [-0.2, 0) is 4.79 Å². The minimum absolute atomic E-state index is 0.0318. The lowest BCUT2D eigenvalue weighted by atomic mass is 9.60. The van der Waals surface area contributed by atoms with Crippen molar-refractivity contribution in [3.63, 3.8) is 0 Å². The second-order valence-electron chi connectivity index (χ2n) is 7.35. The molecule has 0 bridgehead atoms. The molecule has 20 heavy (non-hydrogen) atoms. The Balaban J connectivity index is 2.16. The maximum Gasteiger partial charge on any atom is 0.310 e. The molecule has 2 N–H and O–H groups in total. The Morgan fingerprint density at radius 2 is 1.65 bits per heavy atom. The van der Waals surface area contributed by atoms with Gasteiger partial charge in [0.05, 0.1) is 11.5 Å². The second-order valence-corrected chi connectivity index (χ2v) is 7.35. The van der Waals surface area contributed by atoms with E-state index in [0.29, 0.717) is 11.8 Å². The number of hydrogen-bond donors (Lipinski definition) is 2. The number of aliphatic hydroxyl groups excluding tert-OH is 1. The van der Waals surface area contributed by atoms with Crippen LogP contribution in [0.1, 0.15) is 71.6 Å². The van der Waals surface area contributed by atoms with Crippen LogP contribution in [0.5, 0.6) is 0 Å². The molecule has 0 aromatic rings. The summed E-state index contributed by atoms with van der Waals surface area (Å²) in [6.07, 6.45) is 8.04. The van der Waals surface area contributed by atoms with Crippen molar-refractivity contribution < 1.29 is 15.0 Å². The van der Waals surface area contributed by atoms with Crippen molar-refractivity contribution in [2.75, 3.05) is 0 Å². The smallest absolute Gasteiger partial charge is 0.310 e. The van der Waals surface area contributed by atoms with Gasteiger partial charge in [-0.3, -0.25) is 4.79 Å². The van der Waals surface area contributed by atoms with Crippen LogP contribution in [0.3, 0.4) is 0 Å². The molecule has 0 aromatic heterocycles. The van der Waals surface area contributed by atoms with E-state index in [9.17, 15) is 15.0 Å². The summed E-state index contributed by atoms with van der Waals surface area (Å²) in [6.45, 7) is 4.47. The van der Waals surface area contributed by atoms with Crippen molar-refractivity contribution in [2.24, 2.45) is 23.2 Å². The van der Waals surface area contributed by atoms with Gasteiger partial charge in [-0.05, 0) is 50.4 Å². The zero-order valence-electron chi connectivity index (χ0n) is 13.0. The van der Waals surface area contributed by atoms with Crippen LogP contribution < -0.4 is 0 Å². The van der Waals surface area contributed by atoms with Crippen LogP contribution in [0.15, 0.2) is 0 Å². The molecule has 2 rings (SSSR count). The Kier molecular flexibility index (Phi) is 5.11. The number of carboxylic acids is 1. The lowest BCUT2D eigenvalue weighted by Gasteiger charge is -2.44. The SMILES string of the molecule is CC(C)C1CCC(C(=O)O)(C2CCCCCC2O)CC1. The quantitative estimate of drug-likeness (QED) is 0.773. The maximum atomic E-state index is 12.0. The summed E-state index contributed by atoms with van der Waals surface area (Å²) >= 11 is 0. The molecule has 0 amide bonds. The Hall–Kier alpha value is -0.570. The zero-order chi connectivity index (χ0) is 14.8. The van der Waals surface area contributed by atoms with Crippen molar-refractivity contribution in [3.8, 4) is 0 Å². The molecule has 3 nitrogen and oxygen atoms in total. The third kappa shape index (κ3) is 3.03. The molecule has 0 aromatic carbocycles. The highest BCUT2D eigenvalue weighted by molar-refractivity contribution is 5.75. The highest BCUT2D eigenvalue weighted by Crippen LogP contribution is 2.50. The zero-order valence-corrected chi connectivity index (χ0v) is 13.0. The molecular weight excluding hydrogens is 252 g/mol. The molecule has 2 fully saturated rings. The molecule has 0 radical (unpaired) electrons. The van der Waals surface area contributed by atoms with Crippen LogP contribution >= 0.6 is 0 Å². The highest BCUT2D eigenvalue weighted by atomic mass is 16.4. The summed E-state index contributed by atoms with van der Waals surface area (Å²) in [7, 11) is 0. The van der Waals surface area contributed by atoms with Crippen molar-refractivity contribution in [1.29, 1.82) is 0 Å². The number of hydrogen-bond acceptors (Lipinski definition) is 2. The molecule has 0 heterocycles. The summed E-state index contributed by atoms with van der Waals surface area (Å²) < 4.78 is 0. The van der Waals surface area contributed by atoms with Crippen LogP contribution in [-0.4, -0.2) is 22.3 Å².